The average molecular weight is 289 g/mol. The molecule has 0 saturated carbocycles. The number of nitrogens with one attached hydrogen (secondary N) is 1. The van der Waals surface area contributed by atoms with E-state index in [1.807, 2.05) is 37.3 Å². The maximum atomic E-state index is 13.7. The fourth-order valence-electron chi connectivity index (χ4n) is 1.92. The SMILES string of the molecule is C[C@H](NCc1ccc(C#N)cc1F)c1cccc(Cl)c1. The van der Waals surface area contributed by atoms with Crippen molar-refractivity contribution in [3.63, 3.8) is 0 Å². The maximum Gasteiger partial charge on any atom is 0.129 e. The molecule has 0 aliphatic heterocycles. The predicted molar refractivity (Wildman–Crippen MR) is 77.8 cm³/mol. The van der Waals surface area contributed by atoms with Crippen molar-refractivity contribution < 1.29 is 4.39 Å². The van der Waals surface area contributed by atoms with Crippen molar-refractivity contribution in [1.82, 2.24) is 5.32 Å². The smallest absolute Gasteiger partial charge is 0.129 e. The number of nitriles is 1. The molecule has 2 aromatic rings. The lowest BCUT2D eigenvalue weighted by atomic mass is 10.1. The Hall–Kier alpha value is -1.89. The van der Waals surface area contributed by atoms with Crippen LogP contribution in [0.3, 0.4) is 0 Å². The summed E-state index contributed by atoms with van der Waals surface area (Å²) in [6.07, 6.45) is 0. The van der Waals surface area contributed by atoms with E-state index in [1.54, 1.807) is 12.1 Å². The van der Waals surface area contributed by atoms with E-state index in [0.29, 0.717) is 22.7 Å². The maximum absolute atomic E-state index is 13.7. The molecule has 2 aromatic carbocycles. The summed E-state index contributed by atoms with van der Waals surface area (Å²) in [5.74, 6) is -0.366. The summed E-state index contributed by atoms with van der Waals surface area (Å²) in [7, 11) is 0. The number of hydrogen-bond donors (Lipinski definition) is 1. The summed E-state index contributed by atoms with van der Waals surface area (Å²) in [4.78, 5) is 0. The Labute approximate surface area is 122 Å². The van der Waals surface area contributed by atoms with Crippen LogP contribution >= 0.6 is 11.6 Å². The monoisotopic (exact) mass is 288 g/mol. The standard InChI is InChI=1S/C16H14ClFN2/c1-11(13-3-2-4-15(17)8-13)20-10-14-6-5-12(9-19)7-16(14)18/h2-8,11,20H,10H2,1H3/t11-/m0/s1. The highest BCUT2D eigenvalue weighted by Crippen LogP contribution is 2.18. The predicted octanol–water partition coefficient (Wildman–Crippen LogP) is 4.20. The van der Waals surface area contributed by atoms with Gasteiger partial charge < -0.3 is 5.32 Å². The van der Waals surface area contributed by atoms with E-state index >= 15 is 0 Å². The van der Waals surface area contributed by atoms with E-state index in [-0.39, 0.29) is 11.9 Å². The molecule has 0 fully saturated rings. The minimum absolute atomic E-state index is 0.0590. The van der Waals surface area contributed by atoms with Crippen molar-refractivity contribution in [2.45, 2.75) is 19.5 Å². The zero-order chi connectivity index (χ0) is 14.5. The van der Waals surface area contributed by atoms with Crippen LogP contribution in [0.4, 0.5) is 4.39 Å². The van der Waals surface area contributed by atoms with E-state index in [1.165, 1.54) is 6.07 Å². The molecule has 0 heterocycles. The lowest BCUT2D eigenvalue weighted by Crippen LogP contribution is -2.18. The number of hydrogen-bond acceptors (Lipinski definition) is 2. The summed E-state index contributed by atoms with van der Waals surface area (Å²) < 4.78 is 13.7. The molecular weight excluding hydrogens is 275 g/mol. The third kappa shape index (κ3) is 3.57. The molecule has 0 bridgehead atoms. The van der Waals surface area contributed by atoms with Crippen molar-refractivity contribution in [3.05, 3.63) is 70.0 Å². The van der Waals surface area contributed by atoms with Gasteiger partial charge >= 0.3 is 0 Å². The van der Waals surface area contributed by atoms with E-state index < -0.39 is 0 Å². The van der Waals surface area contributed by atoms with E-state index in [0.717, 1.165) is 5.56 Å². The summed E-state index contributed by atoms with van der Waals surface area (Å²) >= 11 is 5.95. The highest BCUT2D eigenvalue weighted by molar-refractivity contribution is 6.30. The second-order valence-electron chi connectivity index (χ2n) is 4.58. The molecule has 0 aliphatic carbocycles. The number of nitrogens with zero attached hydrogens (tertiary/aromatic N) is 1. The van der Waals surface area contributed by atoms with Gasteiger partial charge in [0.1, 0.15) is 5.82 Å². The molecule has 0 spiro atoms. The molecule has 0 aromatic heterocycles. The van der Waals surface area contributed by atoms with Gasteiger partial charge in [0.15, 0.2) is 0 Å². The van der Waals surface area contributed by atoms with Gasteiger partial charge in [-0.05, 0) is 36.8 Å². The van der Waals surface area contributed by atoms with Gasteiger partial charge in [0.05, 0.1) is 11.6 Å². The van der Waals surface area contributed by atoms with Gasteiger partial charge in [-0.1, -0.05) is 29.8 Å². The number of rotatable bonds is 4. The fraction of sp³-hybridized carbons (Fsp3) is 0.188. The minimum atomic E-state index is -0.366. The first-order valence-electron chi connectivity index (χ1n) is 6.27. The van der Waals surface area contributed by atoms with Crippen LogP contribution in [0.1, 0.15) is 29.7 Å². The van der Waals surface area contributed by atoms with E-state index in [9.17, 15) is 4.39 Å². The molecule has 20 heavy (non-hydrogen) atoms. The summed E-state index contributed by atoms with van der Waals surface area (Å²) in [6, 6.07) is 14.0. The van der Waals surface area contributed by atoms with Crippen molar-refractivity contribution in [2.24, 2.45) is 0 Å². The van der Waals surface area contributed by atoms with Crippen molar-refractivity contribution in [3.8, 4) is 6.07 Å². The lowest BCUT2D eigenvalue weighted by Gasteiger charge is -2.15. The summed E-state index contributed by atoms with van der Waals surface area (Å²) in [6.45, 7) is 2.39. The lowest BCUT2D eigenvalue weighted by molar-refractivity contribution is 0.544. The Kier molecular flexibility index (Phi) is 4.73. The Morgan fingerprint density at radius 3 is 2.75 bits per heavy atom. The quantitative estimate of drug-likeness (QED) is 0.915. The molecule has 102 valence electrons. The van der Waals surface area contributed by atoms with Gasteiger partial charge in [0.25, 0.3) is 0 Å². The third-order valence-electron chi connectivity index (χ3n) is 3.13. The average Bonchev–Trinajstić information content (AvgIpc) is 2.45. The first-order chi connectivity index (χ1) is 9.60. The zero-order valence-corrected chi connectivity index (χ0v) is 11.8. The number of benzene rings is 2. The van der Waals surface area contributed by atoms with Crippen LogP contribution in [0, 0.1) is 17.1 Å². The van der Waals surface area contributed by atoms with Crippen LogP contribution in [0.5, 0.6) is 0 Å². The van der Waals surface area contributed by atoms with Gasteiger partial charge in [-0.15, -0.1) is 0 Å². The Bertz CT molecular complexity index is 649. The number of halogens is 2. The molecule has 0 unspecified atom stereocenters. The van der Waals surface area contributed by atoms with Crippen LogP contribution in [-0.2, 0) is 6.54 Å². The van der Waals surface area contributed by atoms with Crippen molar-refractivity contribution in [1.29, 1.82) is 5.26 Å². The highest BCUT2D eigenvalue weighted by Gasteiger charge is 2.08. The first kappa shape index (κ1) is 14.5. The van der Waals surface area contributed by atoms with Crippen LogP contribution < -0.4 is 5.32 Å². The van der Waals surface area contributed by atoms with Crippen LogP contribution in [0.2, 0.25) is 5.02 Å². The van der Waals surface area contributed by atoms with Gasteiger partial charge in [0, 0.05) is 23.2 Å². The van der Waals surface area contributed by atoms with Crippen LogP contribution in [-0.4, -0.2) is 0 Å². The second-order valence-corrected chi connectivity index (χ2v) is 5.01. The van der Waals surface area contributed by atoms with Crippen molar-refractivity contribution in [2.75, 3.05) is 0 Å². The topological polar surface area (TPSA) is 35.8 Å². The summed E-state index contributed by atoms with van der Waals surface area (Å²) in [5.41, 5.74) is 1.92. The normalized spacial score (nSPS) is 11.9. The van der Waals surface area contributed by atoms with Gasteiger partial charge in [-0.3, -0.25) is 0 Å². The molecule has 1 atom stereocenters. The summed E-state index contributed by atoms with van der Waals surface area (Å²) in [5, 5.41) is 12.6. The molecule has 2 rings (SSSR count). The van der Waals surface area contributed by atoms with Gasteiger partial charge in [0.2, 0.25) is 0 Å². The Morgan fingerprint density at radius 2 is 2.10 bits per heavy atom. The molecule has 1 N–H and O–H groups in total. The van der Waals surface area contributed by atoms with Crippen LogP contribution in [0.25, 0.3) is 0 Å². The Balaban J connectivity index is 2.04. The van der Waals surface area contributed by atoms with E-state index in [4.69, 9.17) is 16.9 Å². The van der Waals surface area contributed by atoms with Gasteiger partial charge in [-0.25, -0.2) is 4.39 Å². The third-order valence-corrected chi connectivity index (χ3v) is 3.36. The minimum Gasteiger partial charge on any atom is -0.306 e. The molecule has 4 heteroatoms. The molecule has 0 aliphatic rings. The van der Waals surface area contributed by atoms with Crippen LogP contribution in [0.15, 0.2) is 42.5 Å². The molecule has 0 amide bonds. The van der Waals surface area contributed by atoms with E-state index in [2.05, 4.69) is 5.32 Å². The molecule has 2 nitrogen and oxygen atoms in total. The Morgan fingerprint density at radius 1 is 1.30 bits per heavy atom. The molecular formula is C16H14ClFN2. The van der Waals surface area contributed by atoms with Crippen molar-refractivity contribution >= 4 is 11.6 Å². The second kappa shape index (κ2) is 6.51. The molecule has 0 saturated heterocycles. The fourth-order valence-corrected chi connectivity index (χ4v) is 2.12. The largest absolute Gasteiger partial charge is 0.306 e. The molecule has 0 radical (unpaired) electrons. The van der Waals surface area contributed by atoms with Gasteiger partial charge in [-0.2, -0.15) is 5.26 Å². The first-order valence-corrected chi connectivity index (χ1v) is 6.65. The highest BCUT2D eigenvalue weighted by atomic mass is 35.5. The zero-order valence-electron chi connectivity index (χ0n) is 11.0.